The van der Waals surface area contributed by atoms with E-state index in [0.717, 1.165) is 35.5 Å². The molecule has 0 radical (unpaired) electrons. The number of ketones is 1. The third-order valence-corrected chi connectivity index (χ3v) is 12.4. The Kier molecular flexibility index (Phi) is 23.7. The van der Waals surface area contributed by atoms with Crippen molar-refractivity contribution in [1.29, 1.82) is 0 Å². The highest BCUT2D eigenvalue weighted by Crippen LogP contribution is 2.38. The standard InChI is InChI=1S/C49H73N9O12/c1-6-7-8-9-10-11-12-13-14-15-16-17-18-19-39(62)57(4)36(28-59)47(68)56-43(50)49(70)52-27-40(63)58(5)41-32-21-23-38(61)34(26-32)33-24-31(20-22-37(33)60)25-35(55-45(66)30(3)54-48(41)69)46(67)53-29(2)42(64)44(51)65/h20-24,26,29-30,35-36,41,43,59-61H,6-19,25,27-28,50H2,1-5H3,(H2,51,65)(H,52,70)(H,53,67)(H,54,69)(H,55,66)(H,56,68)/t29-,30-,35-,36+,41-,43-/m0/s1. The predicted octanol–water partition coefficient (Wildman–Crippen LogP) is 1.19. The van der Waals surface area contributed by atoms with Gasteiger partial charge < -0.3 is 63.2 Å². The molecule has 6 atom stereocenters. The van der Waals surface area contributed by atoms with Crippen LogP contribution in [0.25, 0.3) is 11.1 Å². The number of phenols is 2. The summed E-state index contributed by atoms with van der Waals surface area (Å²) in [6, 6.07) is 1.01. The number of phenolic OH excluding ortho intramolecular Hbond substituents is 2. The second kappa shape index (κ2) is 28.8. The largest absolute Gasteiger partial charge is 0.507 e. The summed E-state index contributed by atoms with van der Waals surface area (Å²) in [4.78, 5) is 120. The van der Waals surface area contributed by atoms with Crippen LogP contribution in [0.4, 0.5) is 0 Å². The van der Waals surface area contributed by atoms with Crippen molar-refractivity contribution in [3.8, 4) is 22.6 Å². The number of hydrogen-bond donors (Lipinski definition) is 10. The molecule has 1 heterocycles. The summed E-state index contributed by atoms with van der Waals surface area (Å²) in [5, 5.41) is 43.9. The first kappa shape index (κ1) is 57.7. The third kappa shape index (κ3) is 17.4. The molecule has 0 spiro atoms. The highest BCUT2D eigenvalue weighted by molar-refractivity contribution is 6.37. The second-order valence-corrected chi connectivity index (χ2v) is 17.9. The molecule has 2 aromatic rings. The number of aromatic hydroxyl groups is 2. The highest BCUT2D eigenvalue weighted by Gasteiger charge is 2.35. The molecule has 4 bridgehead atoms. The van der Waals surface area contributed by atoms with Gasteiger partial charge in [-0.05, 0) is 55.7 Å². The van der Waals surface area contributed by atoms with E-state index in [2.05, 4.69) is 33.5 Å². The Morgan fingerprint density at radius 1 is 0.757 bits per heavy atom. The maximum Gasteiger partial charge on any atom is 0.287 e. The number of rotatable bonds is 26. The molecule has 0 fully saturated rings. The number of carbonyl (C=O) groups excluding carboxylic acids is 9. The van der Waals surface area contributed by atoms with Crippen molar-refractivity contribution < 1.29 is 58.5 Å². The summed E-state index contributed by atoms with van der Waals surface area (Å²) in [7, 11) is 2.60. The van der Waals surface area contributed by atoms with Gasteiger partial charge in [-0.1, -0.05) is 96.1 Å². The minimum absolute atomic E-state index is 0.00875. The van der Waals surface area contributed by atoms with Crippen LogP contribution >= 0.6 is 0 Å². The van der Waals surface area contributed by atoms with Gasteiger partial charge in [-0.15, -0.1) is 0 Å². The van der Waals surface area contributed by atoms with E-state index in [9.17, 15) is 58.5 Å². The van der Waals surface area contributed by atoms with E-state index < -0.39 is 96.7 Å². The fourth-order valence-electron chi connectivity index (χ4n) is 7.99. The molecule has 2 aromatic carbocycles. The van der Waals surface area contributed by atoms with Gasteiger partial charge in [-0.3, -0.25) is 43.2 Å². The number of fused-ring (bicyclic) bond motifs is 5. The van der Waals surface area contributed by atoms with Crippen molar-refractivity contribution in [3.05, 3.63) is 47.5 Å². The molecule has 0 aromatic heterocycles. The maximum atomic E-state index is 14.1. The molecule has 21 heteroatoms. The Morgan fingerprint density at radius 3 is 1.89 bits per heavy atom. The van der Waals surface area contributed by atoms with Crippen LogP contribution in [0.3, 0.4) is 0 Å². The van der Waals surface area contributed by atoms with Gasteiger partial charge in [0.2, 0.25) is 41.2 Å². The molecule has 0 aliphatic carbocycles. The second-order valence-electron chi connectivity index (χ2n) is 17.9. The van der Waals surface area contributed by atoms with Crippen molar-refractivity contribution >= 4 is 53.0 Å². The van der Waals surface area contributed by atoms with Crippen LogP contribution in [0.2, 0.25) is 0 Å². The topological polar surface area (TPSA) is 333 Å². The molecule has 1 aliphatic heterocycles. The molecule has 12 N–H and O–H groups in total. The highest BCUT2D eigenvalue weighted by atomic mass is 16.3. The number of likely N-dealkylation sites (N-methyl/N-ethyl adjacent to an activating group) is 2. The minimum atomic E-state index is -1.73. The van der Waals surface area contributed by atoms with Crippen LogP contribution < -0.4 is 38.1 Å². The molecule has 70 heavy (non-hydrogen) atoms. The summed E-state index contributed by atoms with van der Waals surface area (Å²) < 4.78 is 0. The molecule has 1 aliphatic rings. The molecule has 21 nitrogen and oxygen atoms in total. The number of Topliss-reactive ketones (excluding diaryl/α,β-unsaturated/α-hetero) is 1. The first-order chi connectivity index (χ1) is 33.2. The Balaban J connectivity index is 1.67. The summed E-state index contributed by atoms with van der Waals surface area (Å²) in [5.74, 6) is -8.92. The lowest BCUT2D eigenvalue weighted by Crippen LogP contribution is -2.59. The van der Waals surface area contributed by atoms with Crippen molar-refractivity contribution in [2.24, 2.45) is 11.5 Å². The average Bonchev–Trinajstić information content (AvgIpc) is 3.32. The molecule has 0 unspecified atom stereocenters. The monoisotopic (exact) mass is 980 g/mol. The lowest BCUT2D eigenvalue weighted by Gasteiger charge is -2.30. The van der Waals surface area contributed by atoms with Gasteiger partial charge in [-0.25, -0.2) is 0 Å². The Morgan fingerprint density at radius 2 is 1.31 bits per heavy atom. The number of unbranched alkanes of at least 4 members (excludes halogenated alkanes) is 12. The van der Waals surface area contributed by atoms with E-state index in [1.54, 1.807) is 0 Å². The molecule has 3 rings (SSSR count). The number of primary amides is 1. The lowest BCUT2D eigenvalue weighted by atomic mass is 9.93. The zero-order valence-electron chi connectivity index (χ0n) is 41.0. The van der Waals surface area contributed by atoms with Gasteiger partial charge in [0.1, 0.15) is 35.7 Å². The lowest BCUT2D eigenvalue weighted by molar-refractivity contribution is -0.142. The van der Waals surface area contributed by atoms with E-state index in [1.165, 1.54) is 116 Å². The summed E-state index contributed by atoms with van der Waals surface area (Å²) in [6.45, 7) is 3.22. The smallest absolute Gasteiger partial charge is 0.287 e. The van der Waals surface area contributed by atoms with Crippen LogP contribution in [-0.4, -0.2) is 136 Å². The van der Waals surface area contributed by atoms with Crippen molar-refractivity contribution in [3.63, 3.8) is 0 Å². The number of benzene rings is 2. The molecular formula is C49H73N9O12. The molecular weight excluding hydrogens is 907 g/mol. The average molecular weight is 980 g/mol. The van der Waals surface area contributed by atoms with E-state index in [1.807, 2.05) is 0 Å². The number of nitrogens with two attached hydrogens (primary N) is 2. The Bertz CT molecular complexity index is 2170. The maximum absolute atomic E-state index is 14.1. The van der Waals surface area contributed by atoms with E-state index in [4.69, 9.17) is 11.5 Å². The Labute approximate surface area is 409 Å². The summed E-state index contributed by atoms with van der Waals surface area (Å²) >= 11 is 0. The van der Waals surface area contributed by atoms with Gasteiger partial charge in [0.05, 0.1) is 19.2 Å². The minimum Gasteiger partial charge on any atom is -0.507 e. The van der Waals surface area contributed by atoms with Gasteiger partial charge in [-0.2, -0.15) is 0 Å². The summed E-state index contributed by atoms with van der Waals surface area (Å²) in [5.41, 5.74) is 11.6. The molecule has 386 valence electrons. The van der Waals surface area contributed by atoms with E-state index >= 15 is 0 Å². The van der Waals surface area contributed by atoms with Crippen LogP contribution in [0.1, 0.15) is 128 Å². The van der Waals surface area contributed by atoms with Gasteiger partial charge in [0.25, 0.3) is 11.8 Å². The number of nitrogens with zero attached hydrogens (tertiary/aromatic N) is 2. The van der Waals surface area contributed by atoms with Crippen molar-refractivity contribution in [2.75, 3.05) is 27.2 Å². The van der Waals surface area contributed by atoms with E-state index in [0.29, 0.717) is 12.0 Å². The molecule has 0 saturated carbocycles. The fourth-order valence-corrected chi connectivity index (χ4v) is 7.99. The molecule has 8 amide bonds. The zero-order valence-corrected chi connectivity index (χ0v) is 41.0. The summed E-state index contributed by atoms with van der Waals surface area (Å²) in [6.07, 6.45) is 13.0. The van der Waals surface area contributed by atoms with Gasteiger partial charge >= 0.3 is 0 Å². The first-order valence-electron chi connectivity index (χ1n) is 24.1. The fraction of sp³-hybridized carbons (Fsp3) is 0.571. The number of aliphatic hydroxyl groups is 1. The number of nitrogens with one attached hydrogen (secondary N) is 5. The normalized spacial score (nSPS) is 17.0. The Hall–Kier alpha value is -6.61. The van der Waals surface area contributed by atoms with Crippen LogP contribution in [0.5, 0.6) is 11.5 Å². The molecule has 0 saturated heterocycles. The first-order valence-corrected chi connectivity index (χ1v) is 24.1. The van der Waals surface area contributed by atoms with E-state index in [-0.39, 0.29) is 46.9 Å². The quantitative estimate of drug-likeness (QED) is 0.0360. The third-order valence-electron chi connectivity index (χ3n) is 12.4. The van der Waals surface area contributed by atoms with Crippen molar-refractivity contribution in [1.82, 2.24) is 36.4 Å². The predicted molar refractivity (Wildman–Crippen MR) is 259 cm³/mol. The number of carbonyl (C=O) groups is 9. The number of aliphatic hydroxyl groups excluding tert-OH is 1. The van der Waals surface area contributed by atoms with Crippen LogP contribution in [0.15, 0.2) is 36.4 Å². The zero-order chi connectivity index (χ0) is 52.1. The van der Waals surface area contributed by atoms with Crippen LogP contribution in [0, 0.1) is 0 Å². The van der Waals surface area contributed by atoms with Crippen molar-refractivity contribution in [2.45, 2.75) is 153 Å². The number of hydrogen-bond acceptors (Lipinski definition) is 13. The van der Waals surface area contributed by atoms with Gasteiger partial charge in [0, 0.05) is 38.1 Å². The van der Waals surface area contributed by atoms with Crippen LogP contribution in [-0.2, 0) is 49.6 Å². The number of amides is 8. The SMILES string of the molecule is CCCCCCCCCCCCCCCC(=O)N(C)[C@H](CO)C(=O)N[C@H](N)C(=O)NCC(=O)N(C)[C@@H]1C(=O)N[C@@H](C)C(=O)N[C@H](C(=O)N[C@@H](C)C(=O)C(N)=O)Cc2ccc(O)c(c2)-c2cc1ccc2O. The van der Waals surface area contributed by atoms with Gasteiger partial charge in [0.15, 0.2) is 6.17 Å².